The van der Waals surface area contributed by atoms with Gasteiger partial charge in [0.1, 0.15) is 0 Å². The van der Waals surface area contributed by atoms with Gasteiger partial charge in [-0.1, -0.05) is 24.6 Å². The van der Waals surface area contributed by atoms with Gasteiger partial charge in [0.05, 0.1) is 11.7 Å². The number of hydrogen-bond donors (Lipinski definition) is 1. The molecule has 110 valence electrons. The maximum Gasteiger partial charge on any atom is 0.335 e. The van der Waals surface area contributed by atoms with Crippen molar-refractivity contribution in [2.45, 2.75) is 26.0 Å². The number of benzene rings is 1. The number of nitrogens with zero attached hydrogens (tertiary/aromatic N) is 1. The Bertz CT molecular complexity index is 492. The van der Waals surface area contributed by atoms with Gasteiger partial charge in [-0.15, -0.1) is 0 Å². The predicted octanol–water partition coefficient (Wildman–Crippen LogP) is 2.90. The van der Waals surface area contributed by atoms with Crippen molar-refractivity contribution in [3.63, 3.8) is 0 Å². The summed E-state index contributed by atoms with van der Waals surface area (Å²) in [5, 5.41) is 9.44. The third kappa shape index (κ3) is 3.51. The van der Waals surface area contributed by atoms with Crippen LogP contribution in [-0.4, -0.2) is 42.3 Å². The van der Waals surface area contributed by atoms with E-state index in [2.05, 4.69) is 11.8 Å². The number of ether oxygens (including phenoxy) is 1. The summed E-state index contributed by atoms with van der Waals surface area (Å²) >= 11 is 6.17. The van der Waals surface area contributed by atoms with Crippen LogP contribution in [-0.2, 0) is 11.3 Å². The zero-order valence-corrected chi connectivity index (χ0v) is 12.6. The van der Waals surface area contributed by atoms with Gasteiger partial charge in [0.2, 0.25) is 0 Å². The molecule has 2 unspecified atom stereocenters. The first kappa shape index (κ1) is 15.3. The minimum atomic E-state index is -0.954. The lowest BCUT2D eigenvalue weighted by molar-refractivity contribution is -0.00744. The summed E-state index contributed by atoms with van der Waals surface area (Å²) < 4.78 is 5.50. The Morgan fingerprint density at radius 1 is 1.55 bits per heavy atom. The number of rotatable bonds is 4. The van der Waals surface area contributed by atoms with E-state index in [1.54, 1.807) is 19.2 Å². The highest BCUT2D eigenvalue weighted by molar-refractivity contribution is 6.31. The quantitative estimate of drug-likeness (QED) is 0.928. The fraction of sp³-hybridized carbons (Fsp3) is 0.533. The number of carboxylic acid groups (broad SMARTS) is 1. The molecule has 0 aromatic heterocycles. The van der Waals surface area contributed by atoms with Crippen molar-refractivity contribution in [1.29, 1.82) is 0 Å². The Hall–Kier alpha value is -1.10. The molecule has 1 fully saturated rings. The van der Waals surface area contributed by atoms with E-state index in [1.807, 2.05) is 0 Å². The number of hydrogen-bond acceptors (Lipinski definition) is 3. The number of halogens is 1. The molecule has 2 rings (SSSR count). The third-order valence-electron chi connectivity index (χ3n) is 3.97. The molecule has 1 N–H and O–H groups in total. The lowest BCUT2D eigenvalue weighted by atomic mass is 9.95. The van der Waals surface area contributed by atoms with Crippen LogP contribution in [0.5, 0.6) is 0 Å². The average Bonchev–Trinajstić information content (AvgIpc) is 2.42. The van der Waals surface area contributed by atoms with Crippen LogP contribution in [0, 0.1) is 5.92 Å². The lowest BCUT2D eigenvalue weighted by Gasteiger charge is -2.36. The number of carboxylic acids is 1. The first-order valence-corrected chi connectivity index (χ1v) is 7.16. The van der Waals surface area contributed by atoms with E-state index in [9.17, 15) is 4.79 Å². The fourth-order valence-corrected chi connectivity index (χ4v) is 2.84. The molecule has 0 radical (unpaired) electrons. The summed E-state index contributed by atoms with van der Waals surface area (Å²) in [7, 11) is 1.75. The van der Waals surface area contributed by atoms with Gasteiger partial charge in [-0.2, -0.15) is 0 Å². The summed E-state index contributed by atoms with van der Waals surface area (Å²) in [4.78, 5) is 13.2. The molecule has 20 heavy (non-hydrogen) atoms. The summed E-state index contributed by atoms with van der Waals surface area (Å²) in [6.07, 6.45) is 1.35. The number of aromatic carboxylic acids is 1. The van der Waals surface area contributed by atoms with Crippen LogP contribution in [0.25, 0.3) is 0 Å². The molecule has 1 aromatic rings. The molecule has 0 spiro atoms. The van der Waals surface area contributed by atoms with Gasteiger partial charge in [-0.25, -0.2) is 4.79 Å². The molecule has 0 bridgehead atoms. The summed E-state index contributed by atoms with van der Waals surface area (Å²) in [6.45, 7) is 4.83. The summed E-state index contributed by atoms with van der Waals surface area (Å²) in [5.74, 6) is -0.384. The number of methoxy groups -OCH3 is 1. The van der Waals surface area contributed by atoms with Crippen molar-refractivity contribution in [2.75, 3.05) is 20.2 Å². The smallest absolute Gasteiger partial charge is 0.335 e. The second-order valence-corrected chi connectivity index (χ2v) is 5.79. The van der Waals surface area contributed by atoms with Crippen molar-refractivity contribution < 1.29 is 14.6 Å². The highest BCUT2D eigenvalue weighted by Crippen LogP contribution is 2.24. The number of likely N-dealkylation sites (tertiary alicyclic amines) is 1. The average molecular weight is 298 g/mol. The van der Waals surface area contributed by atoms with Crippen molar-refractivity contribution in [1.82, 2.24) is 4.90 Å². The molecule has 5 heteroatoms. The molecule has 0 saturated carbocycles. The van der Waals surface area contributed by atoms with E-state index in [-0.39, 0.29) is 11.7 Å². The summed E-state index contributed by atoms with van der Waals surface area (Å²) in [5.41, 5.74) is 1.18. The Balaban J connectivity index is 2.05. The molecule has 1 aliphatic rings. The minimum absolute atomic E-state index is 0.223. The van der Waals surface area contributed by atoms with E-state index in [4.69, 9.17) is 21.4 Å². The first-order chi connectivity index (χ1) is 9.51. The maximum absolute atomic E-state index is 10.9. The van der Waals surface area contributed by atoms with Crippen LogP contribution >= 0.6 is 11.6 Å². The highest BCUT2D eigenvalue weighted by Gasteiger charge is 2.26. The van der Waals surface area contributed by atoms with Crippen molar-refractivity contribution in [3.05, 3.63) is 34.3 Å². The molecule has 0 amide bonds. The zero-order chi connectivity index (χ0) is 14.7. The topological polar surface area (TPSA) is 49.8 Å². The molecular weight excluding hydrogens is 278 g/mol. The van der Waals surface area contributed by atoms with Gasteiger partial charge in [0.15, 0.2) is 0 Å². The molecule has 1 saturated heterocycles. The molecule has 1 heterocycles. The van der Waals surface area contributed by atoms with E-state index >= 15 is 0 Å². The number of piperidine rings is 1. The molecule has 1 aromatic carbocycles. The molecule has 4 nitrogen and oxygen atoms in total. The number of carbonyl (C=O) groups is 1. The highest BCUT2D eigenvalue weighted by atomic mass is 35.5. The Kier molecular flexibility index (Phi) is 5.02. The largest absolute Gasteiger partial charge is 0.478 e. The molecule has 0 aliphatic carbocycles. The van der Waals surface area contributed by atoms with Crippen LogP contribution in [0.1, 0.15) is 29.3 Å². The first-order valence-electron chi connectivity index (χ1n) is 6.78. The third-order valence-corrected chi connectivity index (χ3v) is 4.32. The van der Waals surface area contributed by atoms with Gasteiger partial charge in [0.25, 0.3) is 0 Å². The van der Waals surface area contributed by atoms with Crippen LogP contribution in [0.4, 0.5) is 0 Å². The molecular formula is C15H20ClNO3. The fourth-order valence-electron chi connectivity index (χ4n) is 2.60. The van der Waals surface area contributed by atoms with Crippen molar-refractivity contribution in [3.8, 4) is 0 Å². The van der Waals surface area contributed by atoms with E-state index in [0.717, 1.165) is 31.6 Å². The molecule has 2 atom stereocenters. The SMILES string of the molecule is COC1CN(Cc2ccc(C(=O)O)cc2Cl)CCC1C. The van der Waals surface area contributed by atoms with Gasteiger partial charge in [0, 0.05) is 25.2 Å². The van der Waals surface area contributed by atoms with Gasteiger partial charge in [-0.3, -0.25) is 4.90 Å². The van der Waals surface area contributed by atoms with E-state index < -0.39 is 5.97 Å². The normalized spacial score (nSPS) is 23.8. The standard InChI is InChI=1S/C15H20ClNO3/c1-10-5-6-17(9-14(10)20-2)8-12-4-3-11(15(18)19)7-13(12)16/h3-4,7,10,14H,5-6,8-9H2,1-2H3,(H,18,19). The van der Waals surface area contributed by atoms with E-state index in [1.165, 1.54) is 6.07 Å². The van der Waals surface area contributed by atoms with Gasteiger partial charge < -0.3 is 9.84 Å². The summed E-state index contributed by atoms with van der Waals surface area (Å²) in [6, 6.07) is 4.91. The Morgan fingerprint density at radius 2 is 2.30 bits per heavy atom. The van der Waals surface area contributed by atoms with Gasteiger partial charge in [-0.05, 0) is 36.6 Å². The Labute approximate surface area is 124 Å². The predicted molar refractivity (Wildman–Crippen MR) is 78.3 cm³/mol. The maximum atomic E-state index is 10.9. The van der Waals surface area contributed by atoms with Crippen LogP contribution < -0.4 is 0 Å². The van der Waals surface area contributed by atoms with Crippen molar-refractivity contribution in [2.24, 2.45) is 5.92 Å². The second kappa shape index (κ2) is 6.57. The second-order valence-electron chi connectivity index (χ2n) is 5.39. The Morgan fingerprint density at radius 3 is 2.90 bits per heavy atom. The van der Waals surface area contributed by atoms with Crippen molar-refractivity contribution >= 4 is 17.6 Å². The van der Waals surface area contributed by atoms with Crippen LogP contribution in [0.15, 0.2) is 18.2 Å². The van der Waals surface area contributed by atoms with Crippen LogP contribution in [0.3, 0.4) is 0 Å². The zero-order valence-electron chi connectivity index (χ0n) is 11.8. The monoisotopic (exact) mass is 297 g/mol. The van der Waals surface area contributed by atoms with Crippen LogP contribution in [0.2, 0.25) is 5.02 Å². The van der Waals surface area contributed by atoms with Gasteiger partial charge >= 0.3 is 5.97 Å². The van der Waals surface area contributed by atoms with E-state index in [0.29, 0.717) is 10.9 Å². The minimum Gasteiger partial charge on any atom is -0.478 e. The molecule has 1 aliphatic heterocycles. The lowest BCUT2D eigenvalue weighted by Crippen LogP contribution is -2.43.